The number of halogens is 1. The number of rotatable bonds is 3. The van der Waals surface area contributed by atoms with Gasteiger partial charge in [-0.05, 0) is 35.1 Å². The molecule has 0 saturated heterocycles. The van der Waals surface area contributed by atoms with E-state index in [0.29, 0.717) is 6.42 Å². The summed E-state index contributed by atoms with van der Waals surface area (Å²) in [6.07, 6.45) is 0.389. The van der Waals surface area contributed by atoms with E-state index in [1.54, 1.807) is 11.3 Å². The number of Topliss-reactive ketones (excluding diaryl/α,β-unsaturated/α-hetero) is 1. The zero-order valence-electron chi connectivity index (χ0n) is 12.2. The van der Waals surface area contributed by atoms with Crippen molar-refractivity contribution >= 4 is 39.7 Å². The van der Waals surface area contributed by atoms with Gasteiger partial charge in [0.25, 0.3) is 0 Å². The molecule has 20 heavy (non-hydrogen) atoms. The third kappa shape index (κ3) is 3.47. The highest BCUT2D eigenvalue weighted by Gasteiger charge is 2.19. The van der Waals surface area contributed by atoms with Gasteiger partial charge in [0.15, 0.2) is 5.78 Å². The number of hydrogen-bond acceptors (Lipinski definition) is 3. The molecule has 0 aliphatic rings. The number of carbonyl (C=O) groups is 1. The molecule has 2 nitrogen and oxygen atoms in total. The fourth-order valence-corrected chi connectivity index (χ4v) is 3.51. The van der Waals surface area contributed by atoms with Crippen LogP contribution in [0.3, 0.4) is 0 Å². The maximum absolute atomic E-state index is 12.4. The minimum Gasteiger partial charge on any atom is -0.294 e. The molecule has 0 unspecified atom stereocenters. The summed E-state index contributed by atoms with van der Waals surface area (Å²) in [4.78, 5) is 17.0. The summed E-state index contributed by atoms with van der Waals surface area (Å²) in [5.41, 5.74) is 3.04. The first-order valence-corrected chi connectivity index (χ1v) is 8.48. The molecule has 1 aromatic carbocycles. The van der Waals surface area contributed by atoms with Crippen molar-refractivity contribution in [3.05, 3.63) is 49.0 Å². The first-order chi connectivity index (χ1) is 9.29. The van der Waals surface area contributed by atoms with E-state index < -0.39 is 0 Å². The highest BCUT2D eigenvalue weighted by atomic mass is 127. The Morgan fingerprint density at radius 2 is 2.05 bits per heavy atom. The van der Waals surface area contributed by atoms with Crippen molar-refractivity contribution in [1.82, 2.24) is 4.98 Å². The molecule has 0 amide bonds. The number of nitrogens with zero attached hydrogens (tertiary/aromatic N) is 1. The number of aromatic nitrogens is 1. The van der Waals surface area contributed by atoms with E-state index in [9.17, 15) is 4.79 Å². The minimum absolute atomic E-state index is 0.0373. The molecule has 0 radical (unpaired) electrons. The zero-order valence-corrected chi connectivity index (χ0v) is 15.1. The molecule has 0 atom stereocenters. The molecule has 0 N–H and O–H groups in total. The monoisotopic (exact) mass is 399 g/mol. The van der Waals surface area contributed by atoms with Gasteiger partial charge >= 0.3 is 0 Å². The van der Waals surface area contributed by atoms with Gasteiger partial charge in [0.2, 0.25) is 0 Å². The van der Waals surface area contributed by atoms with Crippen LogP contribution in [0.15, 0.2) is 23.6 Å². The predicted molar refractivity (Wildman–Crippen MR) is 92.7 cm³/mol. The quantitative estimate of drug-likeness (QED) is 0.549. The number of ketones is 1. The van der Waals surface area contributed by atoms with Gasteiger partial charge in [-0.2, -0.15) is 0 Å². The largest absolute Gasteiger partial charge is 0.294 e. The number of benzene rings is 1. The molecule has 2 rings (SSSR count). The Morgan fingerprint density at radius 1 is 1.35 bits per heavy atom. The molecular formula is C16H18INOS. The Balaban J connectivity index is 2.20. The molecule has 0 aliphatic carbocycles. The normalized spacial score (nSPS) is 11.7. The van der Waals surface area contributed by atoms with Gasteiger partial charge in [0.05, 0.1) is 12.1 Å². The van der Waals surface area contributed by atoms with Crippen LogP contribution in [0.1, 0.15) is 47.4 Å². The van der Waals surface area contributed by atoms with E-state index in [-0.39, 0.29) is 11.2 Å². The van der Waals surface area contributed by atoms with Crippen molar-refractivity contribution < 1.29 is 4.79 Å². The Bertz CT molecular complexity index is 640. The maximum Gasteiger partial charge on any atom is 0.170 e. The molecule has 0 fully saturated rings. The van der Waals surface area contributed by atoms with Gasteiger partial charge in [-0.1, -0.05) is 39.0 Å². The molecule has 1 heterocycles. The Morgan fingerprint density at radius 3 is 2.65 bits per heavy atom. The van der Waals surface area contributed by atoms with Crippen molar-refractivity contribution in [3.8, 4) is 0 Å². The van der Waals surface area contributed by atoms with Crippen molar-refractivity contribution in [2.75, 3.05) is 0 Å². The van der Waals surface area contributed by atoms with Gasteiger partial charge in [-0.25, -0.2) is 4.98 Å². The molecule has 4 heteroatoms. The first-order valence-electron chi connectivity index (χ1n) is 6.52. The topological polar surface area (TPSA) is 30.0 Å². The number of thiazole rings is 1. The summed E-state index contributed by atoms with van der Waals surface area (Å²) < 4.78 is 1.04. The van der Waals surface area contributed by atoms with Crippen LogP contribution >= 0.6 is 33.9 Å². The second kappa shape index (κ2) is 5.93. The van der Waals surface area contributed by atoms with E-state index in [0.717, 1.165) is 25.4 Å². The minimum atomic E-state index is 0.0373. The highest BCUT2D eigenvalue weighted by molar-refractivity contribution is 14.1. The number of hydrogen-bond donors (Lipinski definition) is 0. The lowest BCUT2D eigenvalue weighted by Crippen LogP contribution is -2.12. The fourth-order valence-electron chi connectivity index (χ4n) is 1.83. The molecular weight excluding hydrogens is 381 g/mol. The Hall–Kier alpha value is -0.750. The SMILES string of the molecule is Cc1cccc(C(=O)Cc2nc(C(C)(C)C)cs2)c1I. The molecule has 1 aromatic heterocycles. The maximum atomic E-state index is 12.4. The fraction of sp³-hybridized carbons (Fsp3) is 0.375. The molecule has 0 saturated carbocycles. The van der Waals surface area contributed by atoms with E-state index >= 15 is 0 Å². The van der Waals surface area contributed by atoms with E-state index in [4.69, 9.17) is 0 Å². The van der Waals surface area contributed by atoms with Crippen LogP contribution in [0.5, 0.6) is 0 Å². The third-order valence-corrected chi connectivity index (χ3v) is 5.40. The summed E-state index contributed by atoms with van der Waals surface area (Å²) in [5.74, 6) is 0.146. The van der Waals surface area contributed by atoms with Gasteiger partial charge in [-0.15, -0.1) is 11.3 Å². The van der Waals surface area contributed by atoms with Gasteiger partial charge in [0.1, 0.15) is 5.01 Å². The van der Waals surface area contributed by atoms with Crippen molar-refractivity contribution in [1.29, 1.82) is 0 Å². The van der Waals surface area contributed by atoms with Crippen LogP contribution < -0.4 is 0 Å². The summed E-state index contributed by atoms with van der Waals surface area (Å²) in [5, 5.41) is 2.96. The van der Waals surface area contributed by atoms with Gasteiger partial charge in [-0.3, -0.25) is 4.79 Å². The van der Waals surface area contributed by atoms with Crippen LogP contribution in [0, 0.1) is 10.5 Å². The van der Waals surface area contributed by atoms with E-state index in [1.807, 2.05) is 25.1 Å². The smallest absolute Gasteiger partial charge is 0.170 e. The standard InChI is InChI=1S/C16H18INOS/c1-10-6-5-7-11(15(10)17)12(19)8-14-18-13(9-20-14)16(2,3)4/h5-7,9H,8H2,1-4H3. The second-order valence-electron chi connectivity index (χ2n) is 5.91. The average Bonchev–Trinajstić information content (AvgIpc) is 2.81. The number of aryl methyl sites for hydroxylation is 1. The Labute approximate surface area is 137 Å². The third-order valence-electron chi connectivity index (χ3n) is 3.12. The van der Waals surface area contributed by atoms with Crippen molar-refractivity contribution in [3.63, 3.8) is 0 Å². The lowest BCUT2D eigenvalue weighted by molar-refractivity contribution is 0.0992. The molecule has 0 aliphatic heterocycles. The van der Waals surface area contributed by atoms with Gasteiger partial charge < -0.3 is 0 Å². The molecule has 0 spiro atoms. The summed E-state index contributed by atoms with van der Waals surface area (Å²) in [7, 11) is 0. The van der Waals surface area contributed by atoms with Crippen LogP contribution in [-0.4, -0.2) is 10.8 Å². The molecule has 106 valence electrons. The predicted octanol–water partition coefficient (Wildman–Crippen LogP) is 4.78. The summed E-state index contributed by atoms with van der Waals surface area (Å²) >= 11 is 3.82. The lowest BCUT2D eigenvalue weighted by Gasteiger charge is -2.14. The summed E-state index contributed by atoms with van der Waals surface area (Å²) in [6.45, 7) is 8.44. The van der Waals surface area contributed by atoms with Crippen LogP contribution in [-0.2, 0) is 11.8 Å². The first kappa shape index (κ1) is 15.6. The highest BCUT2D eigenvalue weighted by Crippen LogP contribution is 2.25. The van der Waals surface area contributed by atoms with Crippen LogP contribution in [0.4, 0.5) is 0 Å². The van der Waals surface area contributed by atoms with Crippen LogP contribution in [0.2, 0.25) is 0 Å². The van der Waals surface area contributed by atoms with Crippen LogP contribution in [0.25, 0.3) is 0 Å². The van der Waals surface area contributed by atoms with Gasteiger partial charge in [0, 0.05) is 19.9 Å². The van der Waals surface area contributed by atoms with Crippen molar-refractivity contribution in [2.24, 2.45) is 0 Å². The summed E-state index contributed by atoms with van der Waals surface area (Å²) in [6, 6.07) is 5.86. The molecule has 0 bridgehead atoms. The van der Waals surface area contributed by atoms with E-state index in [2.05, 4.69) is 53.7 Å². The Kier molecular flexibility index (Phi) is 4.64. The van der Waals surface area contributed by atoms with Crippen molar-refractivity contribution in [2.45, 2.75) is 39.5 Å². The van der Waals surface area contributed by atoms with E-state index in [1.165, 1.54) is 0 Å². The average molecular weight is 399 g/mol. The second-order valence-corrected chi connectivity index (χ2v) is 7.93. The zero-order chi connectivity index (χ0) is 14.9. The number of carbonyl (C=O) groups excluding carboxylic acids is 1. The molecule has 2 aromatic rings. The lowest BCUT2D eigenvalue weighted by atomic mass is 9.93.